The Morgan fingerprint density at radius 1 is 1.12 bits per heavy atom. The highest BCUT2D eigenvalue weighted by atomic mass is 16.5. The van der Waals surface area contributed by atoms with E-state index in [0.29, 0.717) is 0 Å². The molecule has 0 aliphatic carbocycles. The van der Waals surface area contributed by atoms with E-state index in [1.165, 1.54) is 31.2 Å². The first-order valence-electron chi connectivity index (χ1n) is 6.43. The quantitative estimate of drug-likeness (QED) is 0.480. The van der Waals surface area contributed by atoms with Crippen molar-refractivity contribution in [3.63, 3.8) is 0 Å². The van der Waals surface area contributed by atoms with Gasteiger partial charge in [-0.2, -0.15) is 0 Å². The summed E-state index contributed by atoms with van der Waals surface area (Å²) < 4.78 is 5.19. The van der Waals surface area contributed by atoms with E-state index in [0.717, 1.165) is 31.3 Å². The summed E-state index contributed by atoms with van der Waals surface area (Å²) in [5.74, 6) is 0.938. The first-order valence-corrected chi connectivity index (χ1v) is 6.43. The maximum Gasteiger partial charge on any atom is 0.119 e. The van der Waals surface area contributed by atoms with Gasteiger partial charge in [0.1, 0.15) is 12.0 Å². The molecule has 1 rings (SSSR count). The largest absolute Gasteiger partial charge is 0.497 e. The Hall–Kier alpha value is -1.31. The summed E-state index contributed by atoms with van der Waals surface area (Å²) in [5.41, 5.74) is 1.34. The summed E-state index contributed by atoms with van der Waals surface area (Å²) in [6.07, 6.45) is 8.76. The Balaban J connectivity index is 2.11. The Kier molecular flexibility index (Phi) is 7.12. The van der Waals surface area contributed by atoms with Crippen LogP contribution in [0.5, 0.6) is 5.75 Å². The van der Waals surface area contributed by atoms with Gasteiger partial charge in [0.05, 0.1) is 7.11 Å². The third kappa shape index (κ3) is 6.10. The summed E-state index contributed by atoms with van der Waals surface area (Å²) in [6, 6.07) is 8.27. The molecule has 0 atom stereocenters. The number of rotatable bonds is 9. The first-order chi connectivity index (χ1) is 8.36. The highest BCUT2D eigenvalue weighted by molar-refractivity contribution is 5.48. The SMILES string of the molecule is COc1cccc(CCCCCCCC=O)c1. The fourth-order valence-corrected chi connectivity index (χ4v) is 1.92. The second-order valence-corrected chi connectivity index (χ2v) is 4.32. The number of carbonyl (C=O) groups excluding carboxylic acids is 1. The molecule has 2 nitrogen and oxygen atoms in total. The molecular formula is C15H22O2. The summed E-state index contributed by atoms with van der Waals surface area (Å²) in [6.45, 7) is 0. The topological polar surface area (TPSA) is 26.3 Å². The van der Waals surface area contributed by atoms with Gasteiger partial charge in [0.2, 0.25) is 0 Å². The zero-order valence-corrected chi connectivity index (χ0v) is 10.7. The molecule has 0 spiro atoms. The fourth-order valence-electron chi connectivity index (χ4n) is 1.92. The summed E-state index contributed by atoms with van der Waals surface area (Å²) in [7, 11) is 1.70. The normalized spacial score (nSPS) is 10.2. The van der Waals surface area contributed by atoms with Crippen molar-refractivity contribution in [1.82, 2.24) is 0 Å². The van der Waals surface area contributed by atoms with Crippen LogP contribution in [-0.4, -0.2) is 13.4 Å². The lowest BCUT2D eigenvalue weighted by atomic mass is 10.0. The Bertz CT molecular complexity index is 320. The lowest BCUT2D eigenvalue weighted by molar-refractivity contribution is -0.107. The minimum Gasteiger partial charge on any atom is -0.497 e. The Morgan fingerprint density at radius 3 is 2.65 bits per heavy atom. The van der Waals surface area contributed by atoms with Crippen molar-refractivity contribution in [2.45, 2.75) is 44.9 Å². The van der Waals surface area contributed by atoms with E-state index in [1.807, 2.05) is 12.1 Å². The van der Waals surface area contributed by atoms with Crippen molar-refractivity contribution in [2.75, 3.05) is 7.11 Å². The van der Waals surface area contributed by atoms with Gasteiger partial charge in [-0.3, -0.25) is 0 Å². The van der Waals surface area contributed by atoms with E-state index < -0.39 is 0 Å². The number of aldehydes is 1. The average Bonchev–Trinajstić information content (AvgIpc) is 2.38. The molecule has 0 amide bonds. The predicted octanol–water partition coefficient (Wildman–Crippen LogP) is 3.78. The first kappa shape index (κ1) is 13.8. The zero-order valence-electron chi connectivity index (χ0n) is 10.7. The second kappa shape index (κ2) is 8.80. The summed E-state index contributed by atoms with van der Waals surface area (Å²) in [5, 5.41) is 0. The van der Waals surface area contributed by atoms with Crippen LogP contribution in [0.1, 0.15) is 44.1 Å². The van der Waals surface area contributed by atoms with E-state index in [2.05, 4.69) is 12.1 Å². The standard InChI is InChI=1S/C15H22O2/c1-17-15-11-8-10-14(13-15)9-6-4-2-3-5-7-12-16/h8,10-13H,2-7,9H2,1H3. The van der Waals surface area contributed by atoms with Crippen molar-refractivity contribution < 1.29 is 9.53 Å². The number of aryl methyl sites for hydroxylation is 1. The molecule has 0 N–H and O–H groups in total. The van der Waals surface area contributed by atoms with Crippen LogP contribution in [0.15, 0.2) is 24.3 Å². The molecule has 0 aliphatic rings. The maximum absolute atomic E-state index is 10.1. The lowest BCUT2D eigenvalue weighted by Gasteiger charge is -2.04. The van der Waals surface area contributed by atoms with Crippen molar-refractivity contribution in [2.24, 2.45) is 0 Å². The van der Waals surface area contributed by atoms with Crippen LogP contribution in [0.25, 0.3) is 0 Å². The van der Waals surface area contributed by atoms with Crippen LogP contribution in [-0.2, 0) is 11.2 Å². The van der Waals surface area contributed by atoms with Crippen LogP contribution >= 0.6 is 0 Å². The molecule has 0 saturated heterocycles. The van der Waals surface area contributed by atoms with Gasteiger partial charge in [-0.25, -0.2) is 0 Å². The molecule has 0 radical (unpaired) electrons. The molecule has 0 heterocycles. The van der Waals surface area contributed by atoms with Gasteiger partial charge in [0.15, 0.2) is 0 Å². The van der Waals surface area contributed by atoms with E-state index in [-0.39, 0.29) is 0 Å². The van der Waals surface area contributed by atoms with Crippen LogP contribution < -0.4 is 4.74 Å². The van der Waals surface area contributed by atoms with Crippen molar-refractivity contribution in [3.8, 4) is 5.75 Å². The van der Waals surface area contributed by atoms with Gasteiger partial charge in [0, 0.05) is 6.42 Å². The van der Waals surface area contributed by atoms with E-state index in [1.54, 1.807) is 7.11 Å². The highest BCUT2D eigenvalue weighted by Gasteiger charge is 1.96. The van der Waals surface area contributed by atoms with Gasteiger partial charge in [-0.05, 0) is 37.0 Å². The van der Waals surface area contributed by atoms with Crippen LogP contribution in [0, 0.1) is 0 Å². The molecule has 1 aromatic carbocycles. The molecule has 1 aromatic rings. The van der Waals surface area contributed by atoms with Crippen molar-refractivity contribution in [3.05, 3.63) is 29.8 Å². The number of hydrogen-bond acceptors (Lipinski definition) is 2. The van der Waals surface area contributed by atoms with E-state index in [9.17, 15) is 4.79 Å². The number of benzene rings is 1. The molecule has 94 valence electrons. The van der Waals surface area contributed by atoms with Crippen LogP contribution in [0.2, 0.25) is 0 Å². The monoisotopic (exact) mass is 234 g/mol. The predicted molar refractivity (Wildman–Crippen MR) is 70.5 cm³/mol. The van der Waals surface area contributed by atoms with E-state index >= 15 is 0 Å². The average molecular weight is 234 g/mol. The second-order valence-electron chi connectivity index (χ2n) is 4.32. The van der Waals surface area contributed by atoms with Crippen LogP contribution in [0.3, 0.4) is 0 Å². The zero-order chi connectivity index (χ0) is 12.3. The number of ether oxygens (including phenoxy) is 1. The van der Waals surface area contributed by atoms with Crippen LogP contribution in [0.4, 0.5) is 0 Å². The minimum absolute atomic E-state index is 0.718. The maximum atomic E-state index is 10.1. The van der Waals surface area contributed by atoms with Gasteiger partial charge in [-0.1, -0.05) is 31.4 Å². The number of methoxy groups -OCH3 is 1. The smallest absolute Gasteiger partial charge is 0.119 e. The molecular weight excluding hydrogens is 212 g/mol. The third-order valence-corrected chi connectivity index (χ3v) is 2.92. The molecule has 2 heteroatoms. The summed E-state index contributed by atoms with van der Waals surface area (Å²) >= 11 is 0. The molecule has 0 unspecified atom stereocenters. The van der Waals surface area contributed by atoms with Gasteiger partial charge in [-0.15, -0.1) is 0 Å². The molecule has 0 bridgehead atoms. The number of unbranched alkanes of at least 4 members (excludes halogenated alkanes) is 5. The number of hydrogen-bond donors (Lipinski definition) is 0. The van der Waals surface area contributed by atoms with Crippen molar-refractivity contribution >= 4 is 6.29 Å². The van der Waals surface area contributed by atoms with E-state index in [4.69, 9.17) is 4.74 Å². The molecule has 0 aliphatic heterocycles. The highest BCUT2D eigenvalue weighted by Crippen LogP contribution is 2.15. The molecule has 0 saturated carbocycles. The van der Waals surface area contributed by atoms with Gasteiger partial charge < -0.3 is 9.53 Å². The van der Waals surface area contributed by atoms with Gasteiger partial charge >= 0.3 is 0 Å². The fraction of sp³-hybridized carbons (Fsp3) is 0.533. The van der Waals surface area contributed by atoms with Crippen molar-refractivity contribution in [1.29, 1.82) is 0 Å². The Labute approximate surface area is 104 Å². The number of carbonyl (C=O) groups is 1. The molecule has 0 aromatic heterocycles. The minimum atomic E-state index is 0.718. The van der Waals surface area contributed by atoms with Gasteiger partial charge in [0.25, 0.3) is 0 Å². The third-order valence-electron chi connectivity index (χ3n) is 2.92. The lowest BCUT2D eigenvalue weighted by Crippen LogP contribution is -1.88. The molecule has 17 heavy (non-hydrogen) atoms. The summed E-state index contributed by atoms with van der Waals surface area (Å²) in [4.78, 5) is 10.1. The molecule has 0 fully saturated rings. The Morgan fingerprint density at radius 2 is 1.88 bits per heavy atom.